The first kappa shape index (κ1) is 5.94. The molecule has 1 rings (SSSR count). The van der Waals surface area contributed by atoms with Gasteiger partial charge in [-0.3, -0.25) is 5.10 Å². The van der Waals surface area contributed by atoms with E-state index in [4.69, 9.17) is 0 Å². The predicted octanol–water partition coefficient (Wildman–Crippen LogP) is 1.42. The topological polar surface area (TPSA) is 58.1 Å². The van der Waals surface area contributed by atoms with Gasteiger partial charge in [0, 0.05) is 0 Å². The number of nitroso groups, excluding NO2 is 1. The molecule has 9 heavy (non-hydrogen) atoms. The molecule has 1 heterocycles. The van der Waals surface area contributed by atoms with Gasteiger partial charge in [0.05, 0.1) is 11.4 Å². The van der Waals surface area contributed by atoms with Crippen LogP contribution in [0.4, 0.5) is 5.69 Å². The molecule has 0 amide bonds. The SMILES string of the molecule is Cc1n[nH]c(C)c1N=O. The van der Waals surface area contributed by atoms with Gasteiger partial charge in [-0.25, -0.2) is 0 Å². The van der Waals surface area contributed by atoms with Gasteiger partial charge < -0.3 is 0 Å². The first-order chi connectivity index (χ1) is 4.25. The van der Waals surface area contributed by atoms with Crippen LogP contribution in [0.1, 0.15) is 11.4 Å². The number of rotatable bonds is 1. The fourth-order valence-electron chi connectivity index (χ4n) is 0.679. The predicted molar refractivity (Wildman–Crippen MR) is 33.5 cm³/mol. The summed E-state index contributed by atoms with van der Waals surface area (Å²) in [5.74, 6) is 0. The van der Waals surface area contributed by atoms with Gasteiger partial charge in [0.2, 0.25) is 0 Å². The van der Waals surface area contributed by atoms with Crippen LogP contribution in [-0.2, 0) is 0 Å². The molecular weight excluding hydrogens is 118 g/mol. The minimum absolute atomic E-state index is 0.426. The van der Waals surface area contributed by atoms with Crippen molar-refractivity contribution in [3.63, 3.8) is 0 Å². The van der Waals surface area contributed by atoms with Crippen molar-refractivity contribution in [2.45, 2.75) is 13.8 Å². The molecule has 0 unspecified atom stereocenters. The smallest absolute Gasteiger partial charge is 0.151 e. The van der Waals surface area contributed by atoms with Gasteiger partial charge in [-0.1, -0.05) is 0 Å². The summed E-state index contributed by atoms with van der Waals surface area (Å²) in [6.45, 7) is 3.50. The summed E-state index contributed by atoms with van der Waals surface area (Å²) in [5, 5.41) is 9.20. The summed E-state index contributed by atoms with van der Waals surface area (Å²) < 4.78 is 0. The van der Waals surface area contributed by atoms with Crippen LogP contribution in [-0.4, -0.2) is 10.2 Å². The highest BCUT2D eigenvalue weighted by Gasteiger charge is 2.03. The highest BCUT2D eigenvalue weighted by Crippen LogP contribution is 2.18. The quantitative estimate of drug-likeness (QED) is 0.577. The first-order valence-corrected chi connectivity index (χ1v) is 2.60. The number of aromatic amines is 1. The number of aromatic nitrogens is 2. The van der Waals surface area contributed by atoms with Crippen LogP contribution < -0.4 is 0 Å². The van der Waals surface area contributed by atoms with E-state index in [0.717, 1.165) is 5.69 Å². The number of nitrogens with one attached hydrogen (secondary N) is 1. The Morgan fingerprint density at radius 1 is 1.56 bits per heavy atom. The molecule has 4 nitrogen and oxygen atoms in total. The Balaban J connectivity index is 3.22. The number of H-pyrrole nitrogens is 1. The molecule has 0 saturated carbocycles. The van der Waals surface area contributed by atoms with Gasteiger partial charge in [-0.05, 0) is 19.0 Å². The number of hydrogen-bond acceptors (Lipinski definition) is 3. The number of aryl methyl sites for hydroxylation is 2. The van der Waals surface area contributed by atoms with Crippen LogP contribution in [0, 0.1) is 18.8 Å². The second-order valence-corrected chi connectivity index (χ2v) is 1.87. The Kier molecular flexibility index (Phi) is 1.30. The molecule has 0 fully saturated rings. The lowest BCUT2D eigenvalue weighted by atomic mass is 10.3. The molecule has 0 saturated heterocycles. The van der Waals surface area contributed by atoms with Crippen molar-refractivity contribution in [3.05, 3.63) is 16.3 Å². The zero-order valence-electron chi connectivity index (χ0n) is 5.30. The summed E-state index contributed by atoms with van der Waals surface area (Å²) in [6, 6.07) is 0. The van der Waals surface area contributed by atoms with E-state index in [1.54, 1.807) is 13.8 Å². The summed E-state index contributed by atoms with van der Waals surface area (Å²) >= 11 is 0. The lowest BCUT2D eigenvalue weighted by molar-refractivity contribution is 1.02. The Hall–Kier alpha value is -1.19. The third kappa shape index (κ3) is 0.826. The van der Waals surface area contributed by atoms with E-state index in [0.29, 0.717) is 11.4 Å². The first-order valence-electron chi connectivity index (χ1n) is 2.60. The molecule has 1 aromatic rings. The van der Waals surface area contributed by atoms with E-state index in [9.17, 15) is 4.91 Å². The number of hydrogen-bond donors (Lipinski definition) is 1. The van der Waals surface area contributed by atoms with Crippen molar-refractivity contribution < 1.29 is 0 Å². The van der Waals surface area contributed by atoms with Crippen LogP contribution in [0.25, 0.3) is 0 Å². The third-order valence-electron chi connectivity index (χ3n) is 1.18. The van der Waals surface area contributed by atoms with Crippen molar-refractivity contribution in [2.75, 3.05) is 0 Å². The Labute approximate surface area is 52.3 Å². The fourth-order valence-corrected chi connectivity index (χ4v) is 0.679. The second kappa shape index (κ2) is 1.97. The molecule has 0 aromatic carbocycles. The summed E-state index contributed by atoms with van der Waals surface area (Å²) in [7, 11) is 0. The highest BCUT2D eigenvalue weighted by atomic mass is 16.3. The second-order valence-electron chi connectivity index (χ2n) is 1.87. The molecule has 1 aromatic heterocycles. The molecule has 0 bridgehead atoms. The van der Waals surface area contributed by atoms with Crippen molar-refractivity contribution in [1.29, 1.82) is 0 Å². The van der Waals surface area contributed by atoms with E-state index >= 15 is 0 Å². The van der Waals surface area contributed by atoms with E-state index in [1.807, 2.05) is 0 Å². The monoisotopic (exact) mass is 125 g/mol. The van der Waals surface area contributed by atoms with Crippen molar-refractivity contribution >= 4 is 5.69 Å². The molecule has 1 N–H and O–H groups in total. The zero-order valence-corrected chi connectivity index (χ0v) is 5.30. The summed E-state index contributed by atoms with van der Waals surface area (Å²) in [6.07, 6.45) is 0. The van der Waals surface area contributed by atoms with Gasteiger partial charge >= 0.3 is 0 Å². The van der Waals surface area contributed by atoms with E-state index in [1.165, 1.54) is 0 Å². The van der Waals surface area contributed by atoms with E-state index in [2.05, 4.69) is 15.4 Å². The molecule has 0 atom stereocenters. The van der Waals surface area contributed by atoms with Crippen molar-refractivity contribution in [1.82, 2.24) is 10.2 Å². The van der Waals surface area contributed by atoms with E-state index in [-0.39, 0.29) is 0 Å². The molecule has 4 heteroatoms. The zero-order chi connectivity index (χ0) is 6.85. The standard InChI is InChI=1S/C5H7N3O/c1-3-5(8-9)4(2)7-6-3/h1-2H3,(H,6,7). The average Bonchev–Trinajstić information content (AvgIpc) is 2.12. The highest BCUT2D eigenvalue weighted by molar-refractivity contribution is 5.44. The van der Waals surface area contributed by atoms with Crippen LogP contribution in [0.3, 0.4) is 0 Å². The summed E-state index contributed by atoms with van der Waals surface area (Å²) in [5.41, 5.74) is 1.81. The Morgan fingerprint density at radius 3 is 2.44 bits per heavy atom. The van der Waals surface area contributed by atoms with Crippen LogP contribution in [0.15, 0.2) is 5.18 Å². The van der Waals surface area contributed by atoms with Crippen LogP contribution >= 0.6 is 0 Å². The van der Waals surface area contributed by atoms with Crippen molar-refractivity contribution in [2.24, 2.45) is 5.18 Å². The maximum atomic E-state index is 10.00. The maximum Gasteiger partial charge on any atom is 0.151 e. The third-order valence-corrected chi connectivity index (χ3v) is 1.18. The fraction of sp³-hybridized carbons (Fsp3) is 0.400. The molecular formula is C5H7N3O. The molecule has 0 aliphatic rings. The molecule has 0 spiro atoms. The van der Waals surface area contributed by atoms with Crippen LogP contribution in [0.5, 0.6) is 0 Å². The average molecular weight is 125 g/mol. The van der Waals surface area contributed by atoms with Gasteiger partial charge in [-0.2, -0.15) is 5.10 Å². The Morgan fingerprint density at radius 2 is 2.22 bits per heavy atom. The minimum atomic E-state index is 0.426. The molecule has 48 valence electrons. The van der Waals surface area contributed by atoms with Gasteiger partial charge in [-0.15, -0.1) is 4.91 Å². The maximum absolute atomic E-state index is 10.00. The largest absolute Gasteiger partial charge is 0.280 e. The molecule has 0 radical (unpaired) electrons. The van der Waals surface area contributed by atoms with E-state index < -0.39 is 0 Å². The molecule has 0 aliphatic carbocycles. The summed E-state index contributed by atoms with van der Waals surface area (Å²) in [4.78, 5) is 10.00. The number of nitrogens with zero attached hydrogens (tertiary/aromatic N) is 2. The molecule has 0 aliphatic heterocycles. The lowest BCUT2D eigenvalue weighted by Gasteiger charge is -1.81. The minimum Gasteiger partial charge on any atom is -0.280 e. The van der Waals surface area contributed by atoms with Gasteiger partial charge in [0.1, 0.15) is 0 Å². The normalized spacial score (nSPS) is 9.56. The Bertz CT molecular complexity index is 209. The lowest BCUT2D eigenvalue weighted by Crippen LogP contribution is -1.68. The van der Waals surface area contributed by atoms with Gasteiger partial charge in [0.15, 0.2) is 5.69 Å². The van der Waals surface area contributed by atoms with Crippen molar-refractivity contribution in [3.8, 4) is 0 Å². The van der Waals surface area contributed by atoms with Gasteiger partial charge in [0.25, 0.3) is 0 Å². The van der Waals surface area contributed by atoms with Crippen LogP contribution in [0.2, 0.25) is 0 Å².